The number of fused-ring (bicyclic) bond motifs is 2. The minimum atomic E-state index is -5.15. The number of aromatic nitrogens is 1. The van der Waals surface area contributed by atoms with Crippen LogP contribution in [0.25, 0.3) is 0 Å². The molecule has 58 heavy (non-hydrogen) atoms. The van der Waals surface area contributed by atoms with Gasteiger partial charge in [0.2, 0.25) is 16.3 Å². The van der Waals surface area contributed by atoms with Crippen LogP contribution in [0.4, 0.5) is 4.79 Å². The molecule has 1 N–H and O–H groups in total. The first-order valence-corrected chi connectivity index (χ1v) is 21.7. The number of urea groups is 1. The van der Waals surface area contributed by atoms with Crippen molar-refractivity contribution >= 4 is 45.5 Å². The third-order valence-electron chi connectivity index (χ3n) is 9.78. The van der Waals surface area contributed by atoms with E-state index in [9.17, 15) is 22.6 Å². The van der Waals surface area contributed by atoms with Crippen LogP contribution in [-0.2, 0) is 32.6 Å². The quantitative estimate of drug-likeness (QED) is 0.0660. The van der Waals surface area contributed by atoms with Crippen molar-refractivity contribution in [2.24, 2.45) is 0 Å². The molecule has 1 aromatic heterocycles. The molecule has 1 saturated heterocycles. The number of benzene rings is 4. The van der Waals surface area contributed by atoms with E-state index in [1.54, 1.807) is 26.3 Å². The molecule has 0 aliphatic carbocycles. The van der Waals surface area contributed by atoms with Gasteiger partial charge in [0.1, 0.15) is 53.4 Å². The fourth-order valence-corrected chi connectivity index (χ4v) is 11.0. The summed E-state index contributed by atoms with van der Waals surface area (Å²) in [5.41, 5.74) is 2.86. The van der Waals surface area contributed by atoms with Gasteiger partial charge in [-0.15, -0.1) is 0 Å². The second kappa shape index (κ2) is 18.6. The zero-order chi connectivity index (χ0) is 41.3. The highest BCUT2D eigenvalue weighted by molar-refractivity contribution is 7.98. The van der Waals surface area contributed by atoms with Crippen molar-refractivity contribution in [1.82, 2.24) is 20.3 Å². The monoisotopic (exact) mass is 820 g/mol. The SMILES string of the molecule is C/C=C/[P+](c1ccccc1)(c1ccccc1)c1ccccc1.COc1ccc(COc2cc(CNC(=O)[C@@H]3C=C(C)[C@@H]4CN3C(=O)N4OS(=O)(=O)[O-])ncc2C)cc1. The van der Waals surface area contributed by atoms with Gasteiger partial charge in [-0.1, -0.05) is 78.9 Å². The van der Waals surface area contributed by atoms with Gasteiger partial charge in [0.25, 0.3) is 0 Å². The van der Waals surface area contributed by atoms with E-state index in [1.807, 2.05) is 31.2 Å². The zero-order valence-electron chi connectivity index (χ0n) is 32.6. The zero-order valence-corrected chi connectivity index (χ0v) is 34.3. The smallest absolute Gasteiger partial charge is 0.346 e. The van der Waals surface area contributed by atoms with Crippen molar-refractivity contribution in [2.75, 3.05) is 13.7 Å². The Bertz CT molecular complexity index is 2270. The highest BCUT2D eigenvalue weighted by Crippen LogP contribution is 2.56. The van der Waals surface area contributed by atoms with E-state index in [-0.39, 0.29) is 13.1 Å². The molecule has 3 heterocycles. The highest BCUT2D eigenvalue weighted by atomic mass is 32.3. The molecular formula is C44H45N4O8PS. The van der Waals surface area contributed by atoms with E-state index >= 15 is 0 Å². The van der Waals surface area contributed by atoms with E-state index in [2.05, 4.69) is 124 Å². The third kappa shape index (κ3) is 9.63. The number of rotatable bonds is 13. The maximum absolute atomic E-state index is 12.9. The Hall–Kier alpha value is -5.85. The summed E-state index contributed by atoms with van der Waals surface area (Å²) in [6.07, 6.45) is 5.37. The lowest BCUT2D eigenvalue weighted by Crippen LogP contribution is -2.48. The van der Waals surface area contributed by atoms with Crippen LogP contribution in [0, 0.1) is 6.92 Å². The molecule has 0 saturated carbocycles. The summed E-state index contributed by atoms with van der Waals surface area (Å²) in [5.74, 6) is 3.29. The predicted molar refractivity (Wildman–Crippen MR) is 224 cm³/mol. The van der Waals surface area contributed by atoms with Gasteiger partial charge in [-0.05, 0) is 80.4 Å². The molecule has 2 aliphatic heterocycles. The lowest BCUT2D eigenvalue weighted by atomic mass is 10.0. The van der Waals surface area contributed by atoms with E-state index < -0.39 is 41.7 Å². The number of hydroxylamine groups is 2. The first-order valence-electron chi connectivity index (χ1n) is 18.6. The fraction of sp³-hybridized carbons (Fsp3) is 0.205. The summed E-state index contributed by atoms with van der Waals surface area (Å²) in [6, 6.07) is 39.2. The summed E-state index contributed by atoms with van der Waals surface area (Å²) in [6.45, 7) is 6.03. The van der Waals surface area contributed by atoms with Gasteiger partial charge in [0.05, 0.1) is 31.7 Å². The van der Waals surface area contributed by atoms with Crippen molar-refractivity contribution in [2.45, 2.75) is 46.0 Å². The molecule has 3 amide bonds. The normalized spacial score (nSPS) is 16.4. The average molecular weight is 821 g/mol. The second-order valence-corrected chi connectivity index (χ2v) is 17.9. The van der Waals surface area contributed by atoms with Gasteiger partial charge >= 0.3 is 6.03 Å². The number of methoxy groups -OCH3 is 1. The van der Waals surface area contributed by atoms with Crippen molar-refractivity contribution in [1.29, 1.82) is 0 Å². The number of allylic oxidation sites excluding steroid dienone is 1. The number of carbonyl (C=O) groups is 2. The number of nitrogens with one attached hydrogen (secondary N) is 1. The number of carbonyl (C=O) groups excluding carboxylic acids is 2. The lowest BCUT2D eigenvalue weighted by molar-refractivity contribution is -0.124. The summed E-state index contributed by atoms with van der Waals surface area (Å²) in [5, 5.41) is 7.42. The van der Waals surface area contributed by atoms with Crippen LogP contribution in [0.2, 0.25) is 0 Å². The van der Waals surface area contributed by atoms with Crippen molar-refractivity contribution in [3.63, 3.8) is 0 Å². The molecule has 0 unspecified atom stereocenters. The van der Waals surface area contributed by atoms with Gasteiger partial charge < -0.3 is 24.2 Å². The Morgan fingerprint density at radius 2 is 1.48 bits per heavy atom. The average Bonchev–Trinajstić information content (AvgIpc) is 3.51. The first kappa shape index (κ1) is 41.8. The highest BCUT2D eigenvalue weighted by Gasteiger charge is 2.48. The van der Waals surface area contributed by atoms with Crippen molar-refractivity contribution < 1.29 is 36.3 Å². The van der Waals surface area contributed by atoms with E-state index in [0.29, 0.717) is 28.7 Å². The lowest BCUT2D eigenvalue weighted by Gasteiger charge is -2.27. The van der Waals surface area contributed by atoms with Gasteiger partial charge in [0.15, 0.2) is 0 Å². The standard InChI is InChI=1S/C23H26N4O8S.C21H20P/c1-14-8-19(26-12-20(14)27(23(26)29)35-36(30,31)32)22(28)25-11-17-9-21(15(2)10-24-17)34-13-16-4-6-18(33-3)7-5-16;1-2-18-22(19-12-6-3-7-13-19,20-14-8-4-9-15-20)21-16-10-5-11-17-21/h4-10,19-20H,11-13H2,1-3H3,(H,25,28)(H,30,31,32);2-18H,1H3/q;+1/p-1/b;18-2+/t19-,20-;/m0./s1. The topological polar surface area (TPSA) is 150 Å². The molecule has 1 fully saturated rings. The van der Waals surface area contributed by atoms with Crippen LogP contribution >= 0.6 is 7.26 Å². The van der Waals surface area contributed by atoms with Crippen molar-refractivity contribution in [3.05, 3.63) is 168 Å². The maximum atomic E-state index is 12.9. The van der Waals surface area contributed by atoms with Crippen molar-refractivity contribution in [3.8, 4) is 11.5 Å². The van der Waals surface area contributed by atoms with Crippen LogP contribution in [0.5, 0.6) is 11.5 Å². The Labute approximate surface area is 340 Å². The number of nitrogens with zero attached hydrogens (tertiary/aromatic N) is 3. The summed E-state index contributed by atoms with van der Waals surface area (Å²) >= 11 is 0. The van der Waals surface area contributed by atoms with Crippen LogP contribution in [0.3, 0.4) is 0 Å². The minimum Gasteiger partial charge on any atom is -0.724 e. The third-order valence-corrected chi connectivity index (χ3v) is 14.2. The van der Waals surface area contributed by atoms with E-state index in [0.717, 1.165) is 21.8 Å². The molecular weight excluding hydrogens is 776 g/mol. The largest absolute Gasteiger partial charge is 0.724 e. The maximum Gasteiger partial charge on any atom is 0.346 e. The van der Waals surface area contributed by atoms with Crippen LogP contribution in [-0.4, -0.2) is 65.6 Å². The molecule has 5 aromatic rings. The van der Waals surface area contributed by atoms with Gasteiger partial charge in [-0.2, -0.15) is 9.35 Å². The molecule has 12 nitrogen and oxygen atoms in total. The number of aryl methyl sites for hydroxylation is 1. The molecule has 300 valence electrons. The fourth-order valence-electron chi connectivity index (χ4n) is 6.89. The predicted octanol–water partition coefficient (Wildman–Crippen LogP) is 5.93. The minimum absolute atomic E-state index is 0.0148. The summed E-state index contributed by atoms with van der Waals surface area (Å²) in [4.78, 5) is 30.9. The molecule has 2 aliphatic rings. The number of pyridine rings is 1. The molecule has 7 rings (SSSR count). The number of amides is 3. The van der Waals surface area contributed by atoms with Crippen LogP contribution in [0.15, 0.2) is 151 Å². The second-order valence-electron chi connectivity index (χ2n) is 13.6. The Morgan fingerprint density at radius 1 is 0.914 bits per heavy atom. The number of ether oxygens (including phenoxy) is 2. The molecule has 0 spiro atoms. The van der Waals surface area contributed by atoms with Gasteiger partial charge in [-0.25, -0.2) is 13.2 Å². The van der Waals surface area contributed by atoms with E-state index in [4.69, 9.17) is 9.47 Å². The van der Waals surface area contributed by atoms with Crippen LogP contribution in [0.1, 0.15) is 30.7 Å². The molecule has 4 aromatic carbocycles. The number of hydrogen-bond donors (Lipinski definition) is 1. The molecule has 0 radical (unpaired) electrons. The van der Waals surface area contributed by atoms with E-state index in [1.165, 1.54) is 22.0 Å². The molecule has 2 atom stereocenters. The summed E-state index contributed by atoms with van der Waals surface area (Å²) in [7, 11) is -5.28. The van der Waals surface area contributed by atoms with Gasteiger partial charge in [-0.3, -0.25) is 9.78 Å². The van der Waals surface area contributed by atoms with Crippen LogP contribution < -0.4 is 30.7 Å². The van der Waals surface area contributed by atoms with Gasteiger partial charge in [0, 0.05) is 17.8 Å². The Morgan fingerprint density at radius 3 is 2.00 bits per heavy atom. The first-order chi connectivity index (χ1) is 27.9. The number of hydrogen-bond acceptors (Lipinski definition) is 9. The molecule has 14 heteroatoms. The molecule has 2 bridgehead atoms. The Kier molecular flexibility index (Phi) is 13.4. The summed E-state index contributed by atoms with van der Waals surface area (Å²) < 4.78 is 48.4. The Balaban J connectivity index is 0.000000220.